The fourth-order valence-corrected chi connectivity index (χ4v) is 3.73. The number of Topliss-reactive ketones (excluding diaryl/α,β-unsaturated/α-hetero) is 1. The van der Waals surface area contributed by atoms with Gasteiger partial charge in [-0.3, -0.25) is 14.4 Å². The van der Waals surface area contributed by atoms with E-state index < -0.39 is 17.4 Å². The molecule has 0 aromatic heterocycles. The predicted octanol–water partition coefficient (Wildman–Crippen LogP) is 4.13. The van der Waals surface area contributed by atoms with E-state index in [1.54, 1.807) is 0 Å². The summed E-state index contributed by atoms with van der Waals surface area (Å²) in [4.78, 5) is 37.3. The van der Waals surface area contributed by atoms with Crippen molar-refractivity contribution in [3.63, 3.8) is 0 Å². The Morgan fingerprint density at radius 2 is 1.59 bits per heavy atom. The molecule has 0 atom stereocenters. The maximum Gasteiger partial charge on any atom is 0.323 e. The summed E-state index contributed by atoms with van der Waals surface area (Å²) in [6.45, 7) is 5.62. The van der Waals surface area contributed by atoms with Crippen LogP contribution in [0.25, 0.3) is 5.57 Å². The lowest BCUT2D eigenvalue weighted by molar-refractivity contribution is -0.168. The van der Waals surface area contributed by atoms with Gasteiger partial charge in [0.25, 0.3) is 0 Å². The summed E-state index contributed by atoms with van der Waals surface area (Å²) in [5.74, 6) is -1.15. The Hall–Kier alpha value is -2.69. The summed E-state index contributed by atoms with van der Waals surface area (Å²) in [7, 11) is 2.54. The molecule has 0 radical (unpaired) electrons. The van der Waals surface area contributed by atoms with Gasteiger partial charge in [-0.15, -0.1) is 0 Å². The molecule has 5 heteroatoms. The summed E-state index contributed by atoms with van der Waals surface area (Å²) in [6.07, 6.45) is 2.72. The second-order valence-corrected chi connectivity index (χ2v) is 6.66. The van der Waals surface area contributed by atoms with Crippen LogP contribution in [-0.4, -0.2) is 31.9 Å². The zero-order valence-electron chi connectivity index (χ0n) is 16.5. The van der Waals surface area contributed by atoms with Crippen molar-refractivity contribution in [1.82, 2.24) is 0 Å². The highest BCUT2D eigenvalue weighted by Gasteiger charge is 2.54. The molecular formula is C22H26O5. The van der Waals surface area contributed by atoms with E-state index >= 15 is 0 Å². The molecule has 0 unspecified atom stereocenters. The Balaban J connectivity index is 2.65. The van der Waals surface area contributed by atoms with Crippen LogP contribution in [0.15, 0.2) is 41.5 Å². The highest BCUT2D eigenvalue weighted by molar-refractivity contribution is 6.04. The van der Waals surface area contributed by atoms with Gasteiger partial charge in [0.2, 0.25) is 0 Å². The molecule has 0 N–H and O–H groups in total. The van der Waals surface area contributed by atoms with Gasteiger partial charge >= 0.3 is 11.9 Å². The molecule has 5 nitrogen and oxygen atoms in total. The Labute approximate surface area is 160 Å². The van der Waals surface area contributed by atoms with Gasteiger partial charge in [-0.25, -0.2) is 0 Å². The minimum atomic E-state index is -1.38. The molecule has 27 heavy (non-hydrogen) atoms. The van der Waals surface area contributed by atoms with Gasteiger partial charge < -0.3 is 9.47 Å². The maximum absolute atomic E-state index is 12.5. The average Bonchev–Trinajstić information content (AvgIpc) is 3.12. The molecule has 144 valence electrons. The first-order valence-corrected chi connectivity index (χ1v) is 9.01. The van der Waals surface area contributed by atoms with Crippen molar-refractivity contribution in [1.29, 1.82) is 0 Å². The number of methoxy groups -OCH3 is 2. The minimum absolute atomic E-state index is 0.0535. The number of ether oxygens (including phenoxy) is 2. The zero-order valence-corrected chi connectivity index (χ0v) is 16.5. The topological polar surface area (TPSA) is 69.7 Å². The molecule has 2 rings (SSSR count). The minimum Gasteiger partial charge on any atom is -0.468 e. The van der Waals surface area contributed by atoms with Crippen molar-refractivity contribution in [2.45, 2.75) is 40.0 Å². The first-order chi connectivity index (χ1) is 12.9. The van der Waals surface area contributed by atoms with E-state index in [4.69, 9.17) is 9.47 Å². The van der Waals surface area contributed by atoms with Crippen LogP contribution in [0.5, 0.6) is 0 Å². The lowest BCUT2D eigenvalue weighted by atomic mass is 9.85. The largest absolute Gasteiger partial charge is 0.468 e. The van der Waals surface area contributed by atoms with Gasteiger partial charge in [-0.05, 0) is 42.6 Å². The number of benzene rings is 1. The lowest BCUT2D eigenvalue weighted by Crippen LogP contribution is -2.38. The van der Waals surface area contributed by atoms with E-state index in [0.29, 0.717) is 12.0 Å². The third kappa shape index (κ3) is 3.59. The summed E-state index contributed by atoms with van der Waals surface area (Å²) in [5.41, 5.74) is 2.74. The number of hydrogen-bond donors (Lipinski definition) is 0. The van der Waals surface area contributed by atoms with Gasteiger partial charge in [0.05, 0.1) is 14.2 Å². The molecule has 0 bridgehead atoms. The Morgan fingerprint density at radius 1 is 1.04 bits per heavy atom. The van der Waals surface area contributed by atoms with Crippen LogP contribution in [-0.2, 0) is 19.1 Å². The number of esters is 2. The fraction of sp³-hybridized carbons (Fsp3) is 0.409. The van der Waals surface area contributed by atoms with Crippen molar-refractivity contribution in [3.8, 4) is 0 Å². The highest BCUT2D eigenvalue weighted by Crippen LogP contribution is 2.49. The molecule has 0 aliphatic heterocycles. The van der Waals surface area contributed by atoms with Gasteiger partial charge in [-0.2, -0.15) is 0 Å². The third-order valence-corrected chi connectivity index (χ3v) is 5.26. The number of carbonyl (C=O) groups excluding carboxylic acids is 3. The number of allylic oxidation sites excluding steroid dienone is 4. The van der Waals surface area contributed by atoms with E-state index in [9.17, 15) is 14.4 Å². The van der Waals surface area contributed by atoms with E-state index in [0.717, 1.165) is 22.3 Å². The van der Waals surface area contributed by atoms with Crippen molar-refractivity contribution >= 4 is 23.3 Å². The Kier molecular flexibility index (Phi) is 6.37. The highest BCUT2D eigenvalue weighted by atomic mass is 16.5. The lowest BCUT2D eigenvalue weighted by Gasteiger charge is -2.22. The van der Waals surface area contributed by atoms with Crippen LogP contribution in [0.4, 0.5) is 0 Å². The van der Waals surface area contributed by atoms with Crippen molar-refractivity contribution in [2.24, 2.45) is 5.41 Å². The molecule has 0 amide bonds. The molecular weight excluding hydrogens is 344 g/mol. The Bertz CT molecular complexity index is 813. The molecule has 1 aliphatic rings. The average molecular weight is 370 g/mol. The zero-order chi connectivity index (χ0) is 20.2. The smallest absolute Gasteiger partial charge is 0.323 e. The fourth-order valence-electron chi connectivity index (χ4n) is 3.73. The maximum atomic E-state index is 12.5. The van der Waals surface area contributed by atoms with E-state index in [1.807, 2.05) is 51.1 Å². The second kappa shape index (κ2) is 8.33. The van der Waals surface area contributed by atoms with E-state index in [1.165, 1.54) is 14.2 Å². The molecule has 0 saturated heterocycles. The van der Waals surface area contributed by atoms with Crippen molar-refractivity contribution in [3.05, 3.63) is 52.6 Å². The van der Waals surface area contributed by atoms with Crippen LogP contribution in [0.2, 0.25) is 0 Å². The SMILES string of the molecule is C/C=C1\CC(C(=O)OC)(C(=O)OC)C\C1=C(\C)c1ccccc1C(=O)CC. The molecule has 1 aliphatic carbocycles. The molecule has 1 aromatic rings. The molecule has 1 saturated carbocycles. The first-order valence-electron chi connectivity index (χ1n) is 9.01. The monoisotopic (exact) mass is 370 g/mol. The number of ketones is 1. The molecule has 0 spiro atoms. The summed E-state index contributed by atoms with van der Waals surface area (Å²) in [6, 6.07) is 7.42. The van der Waals surface area contributed by atoms with Crippen LogP contribution in [0.3, 0.4) is 0 Å². The first kappa shape index (κ1) is 20.6. The number of carbonyl (C=O) groups is 3. The van der Waals surface area contributed by atoms with Gasteiger partial charge in [-0.1, -0.05) is 37.3 Å². The van der Waals surface area contributed by atoms with Crippen LogP contribution in [0.1, 0.15) is 56.0 Å². The van der Waals surface area contributed by atoms with Gasteiger partial charge in [0, 0.05) is 18.4 Å². The Morgan fingerprint density at radius 3 is 2.07 bits per heavy atom. The second-order valence-electron chi connectivity index (χ2n) is 6.66. The van der Waals surface area contributed by atoms with Crippen molar-refractivity contribution in [2.75, 3.05) is 14.2 Å². The van der Waals surface area contributed by atoms with Crippen LogP contribution < -0.4 is 0 Å². The van der Waals surface area contributed by atoms with Crippen LogP contribution >= 0.6 is 0 Å². The predicted molar refractivity (Wildman–Crippen MR) is 103 cm³/mol. The summed E-state index contributed by atoms with van der Waals surface area (Å²) < 4.78 is 9.85. The summed E-state index contributed by atoms with van der Waals surface area (Å²) >= 11 is 0. The quantitative estimate of drug-likeness (QED) is 0.443. The van der Waals surface area contributed by atoms with Gasteiger partial charge in [0.1, 0.15) is 0 Å². The number of rotatable bonds is 5. The molecule has 0 heterocycles. The van der Waals surface area contributed by atoms with E-state index in [-0.39, 0.29) is 18.6 Å². The number of hydrogen-bond acceptors (Lipinski definition) is 5. The standard InChI is InChI=1S/C22H26O5/c1-6-15-12-22(20(24)26-4,21(25)27-5)13-18(15)14(3)16-10-8-9-11-17(16)19(23)7-2/h6,8-11H,7,12-13H2,1-5H3/b15-6+,18-14+. The van der Waals surface area contributed by atoms with Crippen LogP contribution in [0, 0.1) is 5.41 Å². The van der Waals surface area contributed by atoms with Gasteiger partial charge in [0.15, 0.2) is 11.2 Å². The van der Waals surface area contributed by atoms with Crippen molar-refractivity contribution < 1.29 is 23.9 Å². The third-order valence-electron chi connectivity index (χ3n) is 5.26. The molecule has 1 aromatic carbocycles. The normalized spacial score (nSPS) is 18.9. The summed E-state index contributed by atoms with van der Waals surface area (Å²) in [5, 5.41) is 0. The molecule has 1 fully saturated rings. The van der Waals surface area contributed by atoms with E-state index in [2.05, 4.69) is 0 Å².